The Morgan fingerprint density at radius 2 is 1.96 bits per heavy atom. The number of hydrogen-bond acceptors (Lipinski definition) is 4. The second-order valence-corrected chi connectivity index (χ2v) is 7.81. The van der Waals surface area contributed by atoms with E-state index in [0.717, 1.165) is 43.9 Å². The average Bonchev–Trinajstić information content (AvgIpc) is 3.04. The summed E-state index contributed by atoms with van der Waals surface area (Å²) in [5.74, 6) is 1.15. The van der Waals surface area contributed by atoms with Crippen LogP contribution in [0.25, 0.3) is 0 Å². The number of aryl methyl sites for hydroxylation is 1. The minimum absolute atomic E-state index is 0.734. The van der Waals surface area contributed by atoms with E-state index in [-0.39, 0.29) is 0 Å². The van der Waals surface area contributed by atoms with E-state index in [4.69, 9.17) is 4.74 Å². The Labute approximate surface area is 149 Å². The molecule has 4 nitrogen and oxygen atoms in total. The highest BCUT2D eigenvalue weighted by Gasteiger charge is 2.21. The van der Waals surface area contributed by atoms with Crippen molar-refractivity contribution in [2.75, 3.05) is 26.8 Å². The van der Waals surface area contributed by atoms with Crippen LogP contribution in [0.1, 0.15) is 24.2 Å². The van der Waals surface area contributed by atoms with E-state index in [1.807, 2.05) is 24.2 Å². The molecular weight excluding hydrogens is 318 g/mol. The summed E-state index contributed by atoms with van der Waals surface area (Å²) < 4.78 is 7.38. The van der Waals surface area contributed by atoms with E-state index in [1.165, 1.54) is 23.3 Å². The maximum absolute atomic E-state index is 5.17. The Kier molecular flexibility index (Phi) is 6.35. The molecule has 0 spiro atoms. The topological polar surface area (TPSA) is 30.3 Å². The lowest BCUT2D eigenvalue weighted by atomic mass is 10.1. The van der Waals surface area contributed by atoms with E-state index in [0.29, 0.717) is 0 Å². The quantitative estimate of drug-likeness (QED) is 0.767. The van der Waals surface area contributed by atoms with Gasteiger partial charge in [-0.15, -0.1) is 11.8 Å². The van der Waals surface area contributed by atoms with Crippen molar-refractivity contribution >= 4 is 11.8 Å². The molecule has 0 amide bonds. The summed E-state index contributed by atoms with van der Waals surface area (Å²) in [4.78, 5) is 8.44. The predicted octanol–water partition coefficient (Wildman–Crippen LogP) is 3.59. The van der Waals surface area contributed by atoms with Gasteiger partial charge >= 0.3 is 0 Å². The molecule has 0 N–H and O–H groups in total. The summed E-state index contributed by atoms with van der Waals surface area (Å²) in [5, 5.41) is 0.734. The van der Waals surface area contributed by atoms with Crippen molar-refractivity contribution in [2.24, 2.45) is 0 Å². The number of piperidine rings is 1. The molecule has 2 aromatic rings. The second-order valence-electron chi connectivity index (χ2n) is 6.44. The SMILES string of the molecule is COCCn1ccnc1CN1CCC(Sc2ccc(C)cc2)CC1. The fourth-order valence-electron chi connectivity index (χ4n) is 3.08. The van der Waals surface area contributed by atoms with E-state index >= 15 is 0 Å². The summed E-state index contributed by atoms with van der Waals surface area (Å²) in [6, 6.07) is 8.91. The molecule has 1 aromatic carbocycles. The lowest BCUT2D eigenvalue weighted by Gasteiger charge is -2.31. The molecule has 0 bridgehead atoms. The van der Waals surface area contributed by atoms with Gasteiger partial charge in [-0.25, -0.2) is 4.98 Å². The number of ether oxygens (including phenoxy) is 1. The molecule has 1 aliphatic rings. The fourth-order valence-corrected chi connectivity index (χ4v) is 4.20. The molecule has 130 valence electrons. The highest BCUT2D eigenvalue weighted by Crippen LogP contribution is 2.30. The monoisotopic (exact) mass is 345 g/mol. The lowest BCUT2D eigenvalue weighted by Crippen LogP contribution is -2.35. The molecule has 1 aliphatic heterocycles. The normalized spacial score (nSPS) is 16.6. The van der Waals surface area contributed by atoms with Gasteiger partial charge in [0.05, 0.1) is 13.2 Å². The van der Waals surface area contributed by atoms with Crippen molar-refractivity contribution in [3.8, 4) is 0 Å². The van der Waals surface area contributed by atoms with Gasteiger partial charge in [0.2, 0.25) is 0 Å². The predicted molar refractivity (Wildman–Crippen MR) is 99.4 cm³/mol. The molecule has 1 saturated heterocycles. The number of thioether (sulfide) groups is 1. The van der Waals surface area contributed by atoms with Crippen LogP contribution in [0.15, 0.2) is 41.6 Å². The minimum Gasteiger partial charge on any atom is -0.383 e. The molecule has 0 atom stereocenters. The number of likely N-dealkylation sites (tertiary alicyclic amines) is 1. The number of imidazole rings is 1. The molecule has 5 heteroatoms. The lowest BCUT2D eigenvalue weighted by molar-refractivity contribution is 0.181. The Morgan fingerprint density at radius 3 is 2.67 bits per heavy atom. The van der Waals surface area contributed by atoms with E-state index in [9.17, 15) is 0 Å². The number of rotatable bonds is 7. The van der Waals surface area contributed by atoms with E-state index < -0.39 is 0 Å². The van der Waals surface area contributed by atoms with Gasteiger partial charge in [-0.3, -0.25) is 4.90 Å². The molecule has 1 fully saturated rings. The van der Waals surface area contributed by atoms with Crippen LogP contribution in [0.3, 0.4) is 0 Å². The molecule has 2 heterocycles. The highest BCUT2D eigenvalue weighted by atomic mass is 32.2. The van der Waals surface area contributed by atoms with Gasteiger partial charge in [0.1, 0.15) is 5.82 Å². The van der Waals surface area contributed by atoms with Crippen LogP contribution in [-0.4, -0.2) is 46.5 Å². The molecule has 0 radical (unpaired) electrons. The van der Waals surface area contributed by atoms with Crippen LogP contribution in [0, 0.1) is 6.92 Å². The zero-order chi connectivity index (χ0) is 16.8. The molecule has 0 aliphatic carbocycles. The first-order valence-electron chi connectivity index (χ1n) is 8.69. The molecule has 0 unspecified atom stereocenters. The molecule has 24 heavy (non-hydrogen) atoms. The fraction of sp³-hybridized carbons (Fsp3) is 0.526. The smallest absolute Gasteiger partial charge is 0.122 e. The van der Waals surface area contributed by atoms with Gasteiger partial charge in [-0.05, 0) is 45.0 Å². The molecule has 1 aromatic heterocycles. The summed E-state index contributed by atoms with van der Waals surface area (Å²) in [5.41, 5.74) is 1.33. The Bertz CT molecular complexity index is 618. The summed E-state index contributed by atoms with van der Waals surface area (Å²) in [7, 11) is 1.74. The third kappa shape index (κ3) is 4.85. The summed E-state index contributed by atoms with van der Waals surface area (Å²) >= 11 is 2.03. The van der Waals surface area contributed by atoms with Crippen molar-refractivity contribution in [1.82, 2.24) is 14.5 Å². The van der Waals surface area contributed by atoms with Crippen LogP contribution in [0.4, 0.5) is 0 Å². The molecule has 0 saturated carbocycles. The van der Waals surface area contributed by atoms with Crippen molar-refractivity contribution in [2.45, 2.75) is 43.0 Å². The Morgan fingerprint density at radius 1 is 1.21 bits per heavy atom. The Balaban J connectivity index is 1.47. The van der Waals surface area contributed by atoms with Crippen molar-refractivity contribution in [3.63, 3.8) is 0 Å². The van der Waals surface area contributed by atoms with Crippen LogP contribution < -0.4 is 0 Å². The number of nitrogens with zero attached hydrogens (tertiary/aromatic N) is 3. The third-order valence-corrected chi connectivity index (χ3v) is 5.91. The number of hydrogen-bond donors (Lipinski definition) is 0. The molecule has 3 rings (SSSR count). The standard InChI is InChI=1S/C19H27N3OS/c1-16-3-5-17(6-4-16)24-18-7-10-21(11-8-18)15-19-20-9-12-22(19)13-14-23-2/h3-6,9,12,18H,7-8,10-11,13-15H2,1-2H3. The van der Waals surface area contributed by atoms with E-state index in [1.54, 1.807) is 7.11 Å². The third-order valence-electron chi connectivity index (χ3n) is 4.56. The summed E-state index contributed by atoms with van der Waals surface area (Å²) in [6.45, 7) is 7.01. The zero-order valence-electron chi connectivity index (χ0n) is 14.6. The van der Waals surface area contributed by atoms with Crippen LogP contribution in [0.5, 0.6) is 0 Å². The first kappa shape index (κ1) is 17.5. The van der Waals surface area contributed by atoms with Crippen LogP contribution >= 0.6 is 11.8 Å². The van der Waals surface area contributed by atoms with E-state index in [2.05, 4.69) is 45.6 Å². The molecular formula is C19H27N3OS. The Hall–Kier alpha value is -1.30. The van der Waals surface area contributed by atoms with Gasteiger partial charge in [0, 0.05) is 36.2 Å². The van der Waals surface area contributed by atoms with Gasteiger partial charge in [-0.2, -0.15) is 0 Å². The maximum atomic E-state index is 5.17. The van der Waals surface area contributed by atoms with Crippen molar-refractivity contribution in [3.05, 3.63) is 48.0 Å². The first-order chi connectivity index (χ1) is 11.7. The summed E-state index contributed by atoms with van der Waals surface area (Å²) in [6.07, 6.45) is 6.44. The van der Waals surface area contributed by atoms with Crippen LogP contribution in [0.2, 0.25) is 0 Å². The van der Waals surface area contributed by atoms with Crippen LogP contribution in [-0.2, 0) is 17.8 Å². The largest absolute Gasteiger partial charge is 0.383 e. The number of benzene rings is 1. The van der Waals surface area contributed by atoms with Gasteiger partial charge in [0.15, 0.2) is 0 Å². The van der Waals surface area contributed by atoms with Gasteiger partial charge < -0.3 is 9.30 Å². The second kappa shape index (κ2) is 8.70. The highest BCUT2D eigenvalue weighted by molar-refractivity contribution is 8.00. The van der Waals surface area contributed by atoms with Gasteiger partial charge in [-0.1, -0.05) is 17.7 Å². The number of aromatic nitrogens is 2. The van der Waals surface area contributed by atoms with Crippen molar-refractivity contribution < 1.29 is 4.74 Å². The zero-order valence-corrected chi connectivity index (χ0v) is 15.5. The minimum atomic E-state index is 0.734. The average molecular weight is 346 g/mol. The maximum Gasteiger partial charge on any atom is 0.122 e. The number of methoxy groups -OCH3 is 1. The van der Waals surface area contributed by atoms with Crippen molar-refractivity contribution in [1.29, 1.82) is 0 Å². The first-order valence-corrected chi connectivity index (χ1v) is 9.57. The van der Waals surface area contributed by atoms with Gasteiger partial charge in [0.25, 0.3) is 0 Å².